The molecule has 1 aliphatic heterocycles. The molecule has 0 unspecified atom stereocenters. The Hall–Kier alpha value is -0.860. The van der Waals surface area contributed by atoms with Gasteiger partial charge in [-0.15, -0.1) is 0 Å². The maximum atomic E-state index is 12.1. The van der Waals surface area contributed by atoms with Crippen molar-refractivity contribution >= 4 is 11.8 Å². The fourth-order valence-corrected chi connectivity index (χ4v) is 2.67. The minimum Gasteiger partial charge on any atom is -0.461 e. The predicted octanol–water partition coefficient (Wildman–Crippen LogP) is 2.09. The van der Waals surface area contributed by atoms with Crippen LogP contribution in [0.3, 0.4) is 0 Å². The summed E-state index contributed by atoms with van der Waals surface area (Å²) in [5.41, 5.74) is -0.442. The number of carbonyl (C=O) groups is 2. The Kier molecular flexibility index (Phi) is 2.18. The molecule has 2 rings (SSSR count). The summed E-state index contributed by atoms with van der Waals surface area (Å²) >= 11 is 0. The summed E-state index contributed by atoms with van der Waals surface area (Å²) in [7, 11) is 0. The van der Waals surface area contributed by atoms with Crippen LogP contribution in [0, 0.1) is 10.8 Å². The van der Waals surface area contributed by atoms with Gasteiger partial charge in [-0.2, -0.15) is 0 Å². The molecule has 2 aliphatic rings. The average Bonchev–Trinajstić information content (AvgIpc) is 2.08. The molecule has 0 aromatic carbocycles. The van der Waals surface area contributed by atoms with Crippen LogP contribution in [0.2, 0.25) is 0 Å². The second kappa shape index (κ2) is 3.06. The highest BCUT2D eigenvalue weighted by atomic mass is 16.5. The Morgan fingerprint density at radius 3 is 2.60 bits per heavy atom. The summed E-state index contributed by atoms with van der Waals surface area (Å²) < 4.78 is 5.34. The standard InChI is InChI=1S/C12H18O3/c1-11(2)6-8(13)12(3)5-4-10(14)15-9(12)7-11/h9H,4-7H2,1-3H3/t9-,12+/m1/s1. The number of Topliss-reactive ketones (excluding diaryl/α,β-unsaturated/α-hetero) is 1. The number of ether oxygens (including phenoxy) is 1. The van der Waals surface area contributed by atoms with Crippen molar-refractivity contribution in [2.45, 2.75) is 52.6 Å². The van der Waals surface area contributed by atoms with Gasteiger partial charge in [-0.3, -0.25) is 9.59 Å². The van der Waals surface area contributed by atoms with Crippen LogP contribution >= 0.6 is 0 Å². The Morgan fingerprint density at radius 2 is 1.93 bits per heavy atom. The third-order valence-corrected chi connectivity index (χ3v) is 3.85. The normalized spacial score (nSPS) is 39.5. The zero-order chi connectivity index (χ0) is 11.3. The molecule has 0 radical (unpaired) electrons. The van der Waals surface area contributed by atoms with E-state index in [1.54, 1.807) is 0 Å². The molecule has 3 heteroatoms. The largest absolute Gasteiger partial charge is 0.461 e. The van der Waals surface area contributed by atoms with Crippen LogP contribution in [0.25, 0.3) is 0 Å². The minimum atomic E-state index is -0.413. The van der Waals surface area contributed by atoms with Gasteiger partial charge >= 0.3 is 5.97 Å². The van der Waals surface area contributed by atoms with Gasteiger partial charge in [0, 0.05) is 12.8 Å². The zero-order valence-corrected chi connectivity index (χ0v) is 9.63. The lowest BCUT2D eigenvalue weighted by Crippen LogP contribution is -2.53. The van der Waals surface area contributed by atoms with E-state index in [2.05, 4.69) is 13.8 Å². The van der Waals surface area contributed by atoms with Gasteiger partial charge in [-0.25, -0.2) is 0 Å². The lowest BCUT2D eigenvalue weighted by atomic mass is 9.61. The third-order valence-electron chi connectivity index (χ3n) is 3.85. The summed E-state index contributed by atoms with van der Waals surface area (Å²) in [6, 6.07) is 0. The van der Waals surface area contributed by atoms with Crippen molar-refractivity contribution in [1.82, 2.24) is 0 Å². The Labute approximate surface area is 90.2 Å². The van der Waals surface area contributed by atoms with Gasteiger partial charge < -0.3 is 4.74 Å². The number of fused-ring (bicyclic) bond motifs is 1. The molecule has 0 N–H and O–H groups in total. The summed E-state index contributed by atoms with van der Waals surface area (Å²) in [4.78, 5) is 23.3. The lowest BCUT2D eigenvalue weighted by Gasteiger charge is -2.47. The Bertz CT molecular complexity index is 319. The van der Waals surface area contributed by atoms with Crippen molar-refractivity contribution < 1.29 is 14.3 Å². The fourth-order valence-electron chi connectivity index (χ4n) is 2.67. The lowest BCUT2D eigenvalue weighted by molar-refractivity contribution is -0.178. The number of esters is 1. The van der Waals surface area contributed by atoms with Crippen molar-refractivity contribution in [2.24, 2.45) is 10.8 Å². The molecular weight excluding hydrogens is 192 g/mol. The molecule has 2 atom stereocenters. The van der Waals surface area contributed by atoms with Gasteiger partial charge in [0.15, 0.2) is 0 Å². The van der Waals surface area contributed by atoms with E-state index in [-0.39, 0.29) is 23.3 Å². The van der Waals surface area contributed by atoms with E-state index in [0.29, 0.717) is 19.3 Å². The molecule has 0 bridgehead atoms. The van der Waals surface area contributed by atoms with Crippen LogP contribution in [0.1, 0.15) is 46.5 Å². The molecule has 0 amide bonds. The van der Waals surface area contributed by atoms with E-state index < -0.39 is 5.41 Å². The number of hydrogen-bond donors (Lipinski definition) is 0. The summed E-state index contributed by atoms with van der Waals surface area (Å²) in [6.07, 6.45) is 2.26. The van der Waals surface area contributed by atoms with E-state index >= 15 is 0 Å². The molecule has 1 aliphatic carbocycles. The van der Waals surface area contributed by atoms with Gasteiger partial charge in [0.1, 0.15) is 11.9 Å². The maximum absolute atomic E-state index is 12.1. The summed E-state index contributed by atoms with van der Waals surface area (Å²) in [6.45, 7) is 6.07. The molecule has 0 spiro atoms. The third kappa shape index (κ3) is 1.68. The smallest absolute Gasteiger partial charge is 0.306 e. The predicted molar refractivity (Wildman–Crippen MR) is 55.2 cm³/mol. The Morgan fingerprint density at radius 1 is 1.27 bits per heavy atom. The van der Waals surface area contributed by atoms with Crippen LogP contribution in [-0.4, -0.2) is 17.9 Å². The average molecular weight is 210 g/mol. The first-order valence-corrected chi connectivity index (χ1v) is 5.56. The molecule has 2 fully saturated rings. The van der Waals surface area contributed by atoms with Crippen molar-refractivity contribution in [3.05, 3.63) is 0 Å². The van der Waals surface area contributed by atoms with Gasteiger partial charge in [-0.05, 0) is 25.2 Å². The van der Waals surface area contributed by atoms with Gasteiger partial charge in [-0.1, -0.05) is 13.8 Å². The van der Waals surface area contributed by atoms with Crippen LogP contribution in [0.5, 0.6) is 0 Å². The van der Waals surface area contributed by atoms with Crippen LogP contribution in [-0.2, 0) is 14.3 Å². The highest BCUT2D eigenvalue weighted by molar-refractivity contribution is 5.88. The monoisotopic (exact) mass is 210 g/mol. The van der Waals surface area contributed by atoms with Crippen LogP contribution < -0.4 is 0 Å². The van der Waals surface area contributed by atoms with Gasteiger partial charge in [0.05, 0.1) is 5.41 Å². The van der Waals surface area contributed by atoms with Crippen molar-refractivity contribution in [1.29, 1.82) is 0 Å². The first-order chi connectivity index (χ1) is 6.83. The van der Waals surface area contributed by atoms with E-state index in [4.69, 9.17) is 4.74 Å². The number of carbonyl (C=O) groups excluding carboxylic acids is 2. The first kappa shape index (κ1) is 10.7. The first-order valence-electron chi connectivity index (χ1n) is 5.56. The topological polar surface area (TPSA) is 43.4 Å². The molecule has 3 nitrogen and oxygen atoms in total. The van der Waals surface area contributed by atoms with Crippen molar-refractivity contribution in [3.63, 3.8) is 0 Å². The van der Waals surface area contributed by atoms with Crippen LogP contribution in [0.15, 0.2) is 0 Å². The number of hydrogen-bond acceptors (Lipinski definition) is 3. The fraction of sp³-hybridized carbons (Fsp3) is 0.833. The van der Waals surface area contributed by atoms with E-state index in [1.807, 2.05) is 6.92 Å². The van der Waals surface area contributed by atoms with Gasteiger partial charge in [0.2, 0.25) is 0 Å². The molecule has 1 saturated carbocycles. The number of rotatable bonds is 0. The highest BCUT2D eigenvalue weighted by Gasteiger charge is 2.52. The Balaban J connectivity index is 2.28. The molecule has 84 valence electrons. The minimum absolute atomic E-state index is 0.0289. The van der Waals surface area contributed by atoms with Gasteiger partial charge in [0.25, 0.3) is 0 Å². The SMILES string of the molecule is CC1(C)CC(=O)[C@]2(C)CCC(=O)O[C@@H]2C1. The van der Waals surface area contributed by atoms with E-state index in [0.717, 1.165) is 6.42 Å². The van der Waals surface area contributed by atoms with Crippen LogP contribution in [0.4, 0.5) is 0 Å². The van der Waals surface area contributed by atoms with Crippen molar-refractivity contribution in [3.8, 4) is 0 Å². The van der Waals surface area contributed by atoms with Crippen molar-refractivity contribution in [2.75, 3.05) is 0 Å². The van der Waals surface area contributed by atoms with E-state index in [9.17, 15) is 9.59 Å². The summed E-state index contributed by atoms with van der Waals surface area (Å²) in [5.74, 6) is 0.110. The van der Waals surface area contributed by atoms with E-state index in [1.165, 1.54) is 0 Å². The quantitative estimate of drug-likeness (QED) is 0.575. The molecule has 1 saturated heterocycles. The maximum Gasteiger partial charge on any atom is 0.306 e. The second-order valence-electron chi connectivity index (χ2n) is 5.86. The molecule has 15 heavy (non-hydrogen) atoms. The molecule has 1 heterocycles. The number of ketones is 1. The highest BCUT2D eigenvalue weighted by Crippen LogP contribution is 2.48. The molecule has 0 aromatic rings. The molecule has 0 aromatic heterocycles. The zero-order valence-electron chi connectivity index (χ0n) is 9.63. The second-order valence-corrected chi connectivity index (χ2v) is 5.86. The molecular formula is C12H18O3. The summed E-state index contributed by atoms with van der Waals surface area (Å²) in [5, 5.41) is 0.